The third kappa shape index (κ3) is 3.15. The van der Waals surface area contributed by atoms with Gasteiger partial charge < -0.3 is 15.8 Å². The molecule has 3 N–H and O–H groups in total. The molecular formula is C14H24N4O. The molecule has 1 aliphatic rings. The number of nitrogens with two attached hydrogens (primary N) is 1. The molecule has 1 heterocycles. The third-order valence-electron chi connectivity index (χ3n) is 3.56. The molecule has 0 saturated heterocycles. The Balaban J connectivity index is 2.04. The molecule has 0 unspecified atom stereocenters. The molecule has 5 nitrogen and oxygen atoms in total. The minimum absolute atomic E-state index is 0.279. The van der Waals surface area contributed by atoms with Gasteiger partial charge in [0.15, 0.2) is 0 Å². The van der Waals surface area contributed by atoms with Crippen LogP contribution >= 0.6 is 0 Å². The highest BCUT2D eigenvalue weighted by atomic mass is 16.5. The van der Waals surface area contributed by atoms with Crippen LogP contribution in [-0.2, 0) is 4.74 Å². The molecule has 19 heavy (non-hydrogen) atoms. The van der Waals surface area contributed by atoms with E-state index in [4.69, 9.17) is 10.5 Å². The van der Waals surface area contributed by atoms with E-state index in [1.165, 1.54) is 0 Å². The van der Waals surface area contributed by atoms with Crippen LogP contribution in [0.5, 0.6) is 0 Å². The molecular weight excluding hydrogens is 240 g/mol. The second-order valence-corrected chi connectivity index (χ2v) is 5.49. The van der Waals surface area contributed by atoms with Gasteiger partial charge in [0.1, 0.15) is 17.5 Å². The standard InChI is InChI=1S/C14H24N4O/c1-5-19-11-6-10(7-11)16-14-9(4)12(15)17-13(18-14)8(2)3/h8,10-11H,5-7H2,1-4H3,(H3,15,16,17,18). The molecule has 0 atom stereocenters. The van der Waals surface area contributed by atoms with Crippen molar-refractivity contribution in [2.75, 3.05) is 17.7 Å². The van der Waals surface area contributed by atoms with E-state index >= 15 is 0 Å². The largest absolute Gasteiger partial charge is 0.383 e. The lowest BCUT2D eigenvalue weighted by atomic mass is 9.89. The van der Waals surface area contributed by atoms with Gasteiger partial charge in [-0.15, -0.1) is 0 Å². The van der Waals surface area contributed by atoms with Gasteiger partial charge in [0, 0.05) is 24.1 Å². The first-order chi connectivity index (χ1) is 9.01. The number of aromatic nitrogens is 2. The summed E-state index contributed by atoms with van der Waals surface area (Å²) >= 11 is 0. The highest BCUT2D eigenvalue weighted by molar-refractivity contribution is 5.55. The Morgan fingerprint density at radius 2 is 2.05 bits per heavy atom. The minimum atomic E-state index is 0.279. The van der Waals surface area contributed by atoms with Crippen LogP contribution in [0.15, 0.2) is 0 Å². The van der Waals surface area contributed by atoms with Crippen molar-refractivity contribution in [1.82, 2.24) is 9.97 Å². The number of nitrogen functional groups attached to an aromatic ring is 1. The summed E-state index contributed by atoms with van der Waals surface area (Å²) in [5.74, 6) is 2.52. The number of nitrogens with one attached hydrogen (secondary N) is 1. The molecule has 2 rings (SSSR count). The molecule has 106 valence electrons. The number of anilines is 2. The maximum Gasteiger partial charge on any atom is 0.135 e. The zero-order chi connectivity index (χ0) is 14.0. The van der Waals surface area contributed by atoms with E-state index in [2.05, 4.69) is 29.1 Å². The first-order valence-corrected chi connectivity index (χ1v) is 7.03. The van der Waals surface area contributed by atoms with Gasteiger partial charge in [-0.3, -0.25) is 0 Å². The van der Waals surface area contributed by atoms with Crippen LogP contribution in [-0.4, -0.2) is 28.7 Å². The SMILES string of the molecule is CCOC1CC(Nc2nc(C(C)C)nc(N)c2C)C1. The number of hydrogen-bond acceptors (Lipinski definition) is 5. The summed E-state index contributed by atoms with van der Waals surface area (Å²) in [5.41, 5.74) is 6.89. The van der Waals surface area contributed by atoms with Gasteiger partial charge in [-0.05, 0) is 26.7 Å². The van der Waals surface area contributed by atoms with E-state index in [1.54, 1.807) is 0 Å². The highest BCUT2D eigenvalue weighted by Crippen LogP contribution is 2.29. The Kier molecular flexibility index (Phi) is 4.24. The van der Waals surface area contributed by atoms with Gasteiger partial charge >= 0.3 is 0 Å². The Bertz CT molecular complexity index is 441. The fourth-order valence-corrected chi connectivity index (χ4v) is 2.20. The monoisotopic (exact) mass is 264 g/mol. The Labute approximate surface area is 115 Å². The summed E-state index contributed by atoms with van der Waals surface area (Å²) in [6.45, 7) is 8.92. The van der Waals surface area contributed by atoms with Gasteiger partial charge in [-0.25, -0.2) is 9.97 Å². The van der Waals surface area contributed by atoms with Crippen molar-refractivity contribution >= 4 is 11.6 Å². The maximum absolute atomic E-state index is 5.95. The second kappa shape index (κ2) is 5.74. The molecule has 1 aliphatic carbocycles. The van der Waals surface area contributed by atoms with E-state index < -0.39 is 0 Å². The average molecular weight is 264 g/mol. The van der Waals surface area contributed by atoms with E-state index in [0.717, 1.165) is 36.7 Å². The van der Waals surface area contributed by atoms with Crippen LogP contribution in [0.4, 0.5) is 11.6 Å². The maximum atomic E-state index is 5.95. The summed E-state index contributed by atoms with van der Waals surface area (Å²) < 4.78 is 5.56. The van der Waals surface area contributed by atoms with E-state index in [0.29, 0.717) is 18.0 Å². The van der Waals surface area contributed by atoms with Crippen molar-refractivity contribution in [1.29, 1.82) is 0 Å². The Morgan fingerprint density at radius 1 is 1.37 bits per heavy atom. The predicted octanol–water partition coefficient (Wildman–Crippen LogP) is 2.47. The zero-order valence-corrected chi connectivity index (χ0v) is 12.2. The summed E-state index contributed by atoms with van der Waals surface area (Å²) in [7, 11) is 0. The fourth-order valence-electron chi connectivity index (χ4n) is 2.20. The molecule has 1 aromatic rings. The van der Waals surface area contributed by atoms with Crippen molar-refractivity contribution in [3.05, 3.63) is 11.4 Å². The number of nitrogens with zero attached hydrogens (tertiary/aromatic N) is 2. The van der Waals surface area contributed by atoms with Gasteiger partial charge in [0.2, 0.25) is 0 Å². The van der Waals surface area contributed by atoms with E-state index in [-0.39, 0.29) is 5.92 Å². The van der Waals surface area contributed by atoms with Crippen LogP contribution < -0.4 is 11.1 Å². The van der Waals surface area contributed by atoms with Crippen molar-refractivity contribution < 1.29 is 4.74 Å². The lowest BCUT2D eigenvalue weighted by molar-refractivity contribution is 0.00291. The van der Waals surface area contributed by atoms with Crippen LogP contribution in [0, 0.1) is 6.92 Å². The molecule has 0 radical (unpaired) electrons. The number of ether oxygens (including phenoxy) is 1. The summed E-state index contributed by atoms with van der Waals surface area (Å²) in [6, 6.07) is 0.435. The molecule has 0 aliphatic heterocycles. The lowest BCUT2D eigenvalue weighted by Crippen LogP contribution is -2.41. The molecule has 0 amide bonds. The van der Waals surface area contributed by atoms with Crippen molar-refractivity contribution in [2.45, 2.75) is 58.6 Å². The highest BCUT2D eigenvalue weighted by Gasteiger charge is 2.30. The normalized spacial score (nSPS) is 22.4. The van der Waals surface area contributed by atoms with Gasteiger partial charge in [-0.1, -0.05) is 13.8 Å². The molecule has 0 aromatic carbocycles. The number of hydrogen-bond donors (Lipinski definition) is 2. The molecule has 0 bridgehead atoms. The molecule has 1 fully saturated rings. The third-order valence-corrected chi connectivity index (χ3v) is 3.56. The van der Waals surface area contributed by atoms with Crippen LogP contribution in [0.3, 0.4) is 0 Å². The average Bonchev–Trinajstić information content (AvgIpc) is 2.31. The topological polar surface area (TPSA) is 73.1 Å². The van der Waals surface area contributed by atoms with Crippen LogP contribution in [0.1, 0.15) is 50.9 Å². The summed E-state index contributed by atoms with van der Waals surface area (Å²) in [4.78, 5) is 8.91. The van der Waals surface area contributed by atoms with Crippen molar-refractivity contribution in [3.63, 3.8) is 0 Å². The van der Waals surface area contributed by atoms with Crippen molar-refractivity contribution in [3.8, 4) is 0 Å². The first kappa shape index (κ1) is 14.1. The van der Waals surface area contributed by atoms with Crippen LogP contribution in [0.2, 0.25) is 0 Å². The van der Waals surface area contributed by atoms with Crippen molar-refractivity contribution in [2.24, 2.45) is 0 Å². The summed E-state index contributed by atoms with van der Waals surface area (Å²) in [5, 5.41) is 3.46. The second-order valence-electron chi connectivity index (χ2n) is 5.49. The Morgan fingerprint density at radius 3 is 2.63 bits per heavy atom. The minimum Gasteiger partial charge on any atom is -0.383 e. The van der Waals surface area contributed by atoms with Gasteiger partial charge in [-0.2, -0.15) is 0 Å². The lowest BCUT2D eigenvalue weighted by Gasteiger charge is -2.36. The molecule has 0 spiro atoms. The van der Waals surface area contributed by atoms with E-state index in [1.807, 2.05) is 13.8 Å². The molecule has 1 saturated carbocycles. The van der Waals surface area contributed by atoms with E-state index in [9.17, 15) is 0 Å². The summed E-state index contributed by atoms with van der Waals surface area (Å²) in [6.07, 6.45) is 2.47. The Hall–Kier alpha value is -1.36. The quantitative estimate of drug-likeness (QED) is 0.854. The fraction of sp³-hybridized carbons (Fsp3) is 0.714. The van der Waals surface area contributed by atoms with Gasteiger partial charge in [0.25, 0.3) is 0 Å². The first-order valence-electron chi connectivity index (χ1n) is 7.03. The predicted molar refractivity (Wildman–Crippen MR) is 77.3 cm³/mol. The number of rotatable bonds is 5. The van der Waals surface area contributed by atoms with Crippen LogP contribution in [0.25, 0.3) is 0 Å². The molecule has 1 aromatic heterocycles. The molecule has 5 heteroatoms. The van der Waals surface area contributed by atoms with Gasteiger partial charge in [0.05, 0.1) is 6.10 Å². The zero-order valence-electron chi connectivity index (χ0n) is 12.2. The smallest absolute Gasteiger partial charge is 0.135 e.